The highest BCUT2D eigenvalue weighted by Crippen LogP contribution is 2.32. The molecule has 9 heteroatoms. The monoisotopic (exact) mass is 385 g/mol. The first-order chi connectivity index (χ1) is 9.25. The van der Waals surface area contributed by atoms with Crippen molar-refractivity contribution in [2.45, 2.75) is 6.18 Å². The highest BCUT2D eigenvalue weighted by atomic mass is 79.9. The maximum atomic E-state index is 12.6. The molecular formula is C11H5BrCl2F3N3. The summed E-state index contributed by atoms with van der Waals surface area (Å²) in [7, 11) is 0. The number of halogens is 6. The van der Waals surface area contributed by atoms with Gasteiger partial charge in [-0.2, -0.15) is 13.2 Å². The van der Waals surface area contributed by atoms with Gasteiger partial charge in [0, 0.05) is 15.6 Å². The van der Waals surface area contributed by atoms with Crippen LogP contribution in [0.3, 0.4) is 0 Å². The molecule has 1 aromatic carbocycles. The minimum atomic E-state index is -4.60. The highest BCUT2D eigenvalue weighted by molar-refractivity contribution is 9.10. The molecule has 3 nitrogen and oxygen atoms in total. The Morgan fingerprint density at radius 2 is 1.80 bits per heavy atom. The van der Waals surface area contributed by atoms with Crippen molar-refractivity contribution in [3.8, 4) is 0 Å². The van der Waals surface area contributed by atoms with E-state index in [1.165, 1.54) is 0 Å². The number of hydrogen-bond donors (Lipinski definition) is 1. The number of anilines is 2. The highest BCUT2D eigenvalue weighted by Gasteiger charge is 2.33. The molecule has 2 aromatic rings. The van der Waals surface area contributed by atoms with E-state index in [2.05, 4.69) is 31.2 Å². The van der Waals surface area contributed by atoms with Crippen LogP contribution in [-0.2, 0) is 6.18 Å². The Hall–Kier alpha value is -1.05. The van der Waals surface area contributed by atoms with Gasteiger partial charge in [-0.25, -0.2) is 9.97 Å². The maximum Gasteiger partial charge on any atom is 0.433 e. The first-order valence-electron chi connectivity index (χ1n) is 5.09. The lowest BCUT2D eigenvalue weighted by molar-refractivity contribution is -0.141. The van der Waals surface area contributed by atoms with Crippen molar-refractivity contribution in [2.75, 3.05) is 5.32 Å². The van der Waals surface area contributed by atoms with E-state index in [0.717, 1.165) is 6.07 Å². The second kappa shape index (κ2) is 5.75. The van der Waals surface area contributed by atoms with E-state index in [9.17, 15) is 13.2 Å². The molecule has 0 bridgehead atoms. The molecule has 1 aromatic heterocycles. The second-order valence-corrected chi connectivity index (χ2v) is 5.28. The molecule has 20 heavy (non-hydrogen) atoms. The molecule has 1 heterocycles. The van der Waals surface area contributed by atoms with Gasteiger partial charge in [0.05, 0.1) is 5.69 Å². The number of rotatable bonds is 2. The van der Waals surface area contributed by atoms with E-state index in [1.807, 2.05) is 0 Å². The molecule has 2 rings (SSSR count). The molecule has 0 saturated heterocycles. The van der Waals surface area contributed by atoms with Gasteiger partial charge in [-0.1, -0.05) is 11.6 Å². The Kier molecular flexibility index (Phi) is 4.41. The summed E-state index contributed by atoms with van der Waals surface area (Å²) in [4.78, 5) is 6.84. The van der Waals surface area contributed by atoms with Crippen molar-refractivity contribution in [3.63, 3.8) is 0 Å². The van der Waals surface area contributed by atoms with E-state index in [0.29, 0.717) is 15.2 Å². The van der Waals surface area contributed by atoms with E-state index in [1.54, 1.807) is 18.2 Å². The molecular weight excluding hydrogens is 382 g/mol. The van der Waals surface area contributed by atoms with Crippen molar-refractivity contribution < 1.29 is 13.2 Å². The average Bonchev–Trinajstić information content (AvgIpc) is 2.31. The predicted molar refractivity (Wildman–Crippen MR) is 74.5 cm³/mol. The number of nitrogens with one attached hydrogen (secondary N) is 1. The van der Waals surface area contributed by atoms with Gasteiger partial charge in [-0.15, -0.1) is 0 Å². The molecule has 0 fully saturated rings. The zero-order valence-electron chi connectivity index (χ0n) is 9.47. The zero-order valence-corrected chi connectivity index (χ0v) is 12.6. The molecule has 0 aliphatic carbocycles. The van der Waals surface area contributed by atoms with E-state index in [4.69, 9.17) is 23.2 Å². The summed E-state index contributed by atoms with van der Waals surface area (Å²) >= 11 is 14.5. The van der Waals surface area contributed by atoms with Crippen LogP contribution in [-0.4, -0.2) is 9.97 Å². The minimum absolute atomic E-state index is 0.0691. The molecule has 0 amide bonds. The lowest BCUT2D eigenvalue weighted by Crippen LogP contribution is -2.10. The van der Waals surface area contributed by atoms with Gasteiger partial charge in [-0.3, -0.25) is 0 Å². The molecule has 1 N–H and O–H groups in total. The normalized spacial score (nSPS) is 11.5. The number of aromatic nitrogens is 2. The fourth-order valence-corrected chi connectivity index (χ4v) is 2.32. The number of benzene rings is 1. The van der Waals surface area contributed by atoms with Gasteiger partial charge in [-0.05, 0) is 45.7 Å². The van der Waals surface area contributed by atoms with Crippen LogP contribution in [0.4, 0.5) is 24.7 Å². The quantitative estimate of drug-likeness (QED) is 0.711. The van der Waals surface area contributed by atoms with Crippen molar-refractivity contribution in [2.24, 2.45) is 0 Å². The number of nitrogens with zero attached hydrogens (tertiary/aromatic N) is 2. The lowest BCUT2D eigenvalue weighted by atomic mass is 10.3. The molecule has 0 radical (unpaired) electrons. The Morgan fingerprint density at radius 3 is 2.40 bits per heavy atom. The molecule has 0 spiro atoms. The minimum Gasteiger partial charge on any atom is -0.339 e. The molecule has 0 aliphatic heterocycles. The summed E-state index contributed by atoms with van der Waals surface area (Å²) in [6.07, 6.45) is -4.60. The number of hydrogen-bond acceptors (Lipinski definition) is 3. The van der Waals surface area contributed by atoms with Crippen LogP contribution in [0.15, 0.2) is 28.7 Å². The van der Waals surface area contributed by atoms with E-state index < -0.39 is 17.2 Å². The third-order valence-corrected chi connectivity index (χ3v) is 3.24. The Bertz CT molecular complexity index is 649. The zero-order chi connectivity index (χ0) is 14.9. The Labute approximate surface area is 130 Å². The second-order valence-electron chi connectivity index (χ2n) is 3.65. The maximum absolute atomic E-state index is 12.6. The summed E-state index contributed by atoms with van der Waals surface area (Å²) in [6.45, 7) is 0. The summed E-state index contributed by atoms with van der Waals surface area (Å²) < 4.78 is 38.4. The Balaban J connectivity index is 2.36. The van der Waals surface area contributed by atoms with Gasteiger partial charge >= 0.3 is 6.18 Å². The van der Waals surface area contributed by atoms with Crippen molar-refractivity contribution in [1.82, 2.24) is 9.97 Å². The Morgan fingerprint density at radius 1 is 1.10 bits per heavy atom. The van der Waals surface area contributed by atoms with Gasteiger partial charge in [0.1, 0.15) is 5.82 Å². The fourth-order valence-electron chi connectivity index (χ4n) is 1.36. The molecule has 0 atom stereocenters. The van der Waals surface area contributed by atoms with E-state index >= 15 is 0 Å². The topological polar surface area (TPSA) is 37.8 Å². The first kappa shape index (κ1) is 15.3. The van der Waals surface area contributed by atoms with Gasteiger partial charge in [0.25, 0.3) is 0 Å². The lowest BCUT2D eigenvalue weighted by Gasteiger charge is -2.11. The van der Waals surface area contributed by atoms with Gasteiger partial charge in [0.15, 0.2) is 5.69 Å². The smallest absolute Gasteiger partial charge is 0.339 e. The van der Waals surface area contributed by atoms with Gasteiger partial charge in [0.2, 0.25) is 5.28 Å². The van der Waals surface area contributed by atoms with Crippen LogP contribution in [0, 0.1) is 0 Å². The van der Waals surface area contributed by atoms with Crippen LogP contribution in [0.1, 0.15) is 5.69 Å². The molecule has 0 unspecified atom stereocenters. The van der Waals surface area contributed by atoms with Crippen LogP contribution in [0.5, 0.6) is 0 Å². The molecule has 0 saturated carbocycles. The van der Waals surface area contributed by atoms with Crippen molar-refractivity contribution >= 4 is 50.6 Å². The summed E-state index contributed by atoms with van der Waals surface area (Å²) in [5.41, 5.74) is -0.623. The summed E-state index contributed by atoms with van der Waals surface area (Å²) in [6, 6.07) is 5.54. The SMILES string of the molecule is FC(F)(F)c1cc(Nc2ccc(Cl)cc2Br)nc(Cl)n1. The third kappa shape index (κ3) is 3.74. The first-order valence-corrected chi connectivity index (χ1v) is 6.64. The fraction of sp³-hybridized carbons (Fsp3) is 0.0909. The van der Waals surface area contributed by atoms with Gasteiger partial charge < -0.3 is 5.32 Å². The molecule has 106 valence electrons. The summed E-state index contributed by atoms with van der Waals surface area (Å²) in [5, 5.41) is 2.70. The van der Waals surface area contributed by atoms with Crippen LogP contribution in [0.25, 0.3) is 0 Å². The van der Waals surface area contributed by atoms with Crippen LogP contribution in [0.2, 0.25) is 10.3 Å². The van der Waals surface area contributed by atoms with Crippen molar-refractivity contribution in [3.05, 3.63) is 44.7 Å². The van der Waals surface area contributed by atoms with Crippen LogP contribution < -0.4 is 5.32 Å². The third-order valence-electron chi connectivity index (χ3n) is 2.18. The van der Waals surface area contributed by atoms with Crippen LogP contribution >= 0.6 is 39.1 Å². The standard InChI is InChI=1S/C11H5BrCl2F3N3/c12-6-3-5(13)1-2-7(6)18-9-4-8(11(15,16)17)19-10(14)20-9/h1-4H,(H,18,19,20). The largest absolute Gasteiger partial charge is 0.433 e. The molecule has 0 aliphatic rings. The summed E-state index contributed by atoms with van der Waals surface area (Å²) in [5.74, 6) is -0.0691. The van der Waals surface area contributed by atoms with E-state index in [-0.39, 0.29) is 5.82 Å². The average molecular weight is 387 g/mol. The number of alkyl halides is 3. The predicted octanol–water partition coefficient (Wildman–Crippen LogP) is 5.31. The van der Waals surface area contributed by atoms with Crippen molar-refractivity contribution in [1.29, 1.82) is 0 Å².